The van der Waals surface area contributed by atoms with Gasteiger partial charge in [0.25, 0.3) is 0 Å². The van der Waals surface area contributed by atoms with Crippen molar-refractivity contribution < 1.29 is 18.3 Å². The van der Waals surface area contributed by atoms with Crippen molar-refractivity contribution in [2.24, 2.45) is 0 Å². The monoisotopic (exact) mass is 195 g/mol. The summed E-state index contributed by atoms with van der Waals surface area (Å²) in [6, 6.07) is 2.18. The second kappa shape index (κ2) is 2.86. The summed E-state index contributed by atoms with van der Waals surface area (Å²) in [6.45, 7) is 0. The molecule has 0 amide bonds. The van der Waals surface area contributed by atoms with Crippen molar-refractivity contribution in [2.75, 3.05) is 0 Å². The van der Waals surface area contributed by atoms with Gasteiger partial charge in [-0.3, -0.25) is 5.11 Å². The highest BCUT2D eigenvalue weighted by Gasteiger charge is 2.31. The van der Waals surface area contributed by atoms with Crippen molar-refractivity contribution in [3.05, 3.63) is 28.8 Å². The number of halogens is 4. The molecule has 0 saturated heterocycles. The third-order valence-electron chi connectivity index (χ3n) is 1.26. The maximum absolute atomic E-state index is 11.9. The Balaban J connectivity index is 3.14. The zero-order valence-electron chi connectivity index (χ0n) is 5.65. The second-order valence-corrected chi connectivity index (χ2v) is 2.55. The van der Waals surface area contributed by atoms with Gasteiger partial charge < -0.3 is 0 Å². The van der Waals surface area contributed by atoms with E-state index in [9.17, 15) is 18.3 Å². The maximum Gasteiger partial charge on any atom is 0.416 e. The minimum absolute atomic E-state index is 0.206. The molecule has 0 fully saturated rings. The lowest BCUT2D eigenvalue weighted by Crippen LogP contribution is -2.03. The fourth-order valence-corrected chi connectivity index (χ4v) is 0.797. The lowest BCUT2D eigenvalue weighted by atomic mass is 10.2. The number of rotatable bonds is 0. The first-order chi connectivity index (χ1) is 5.41. The average molecular weight is 196 g/mol. The van der Waals surface area contributed by atoms with Crippen LogP contribution in [0, 0.1) is 0 Å². The van der Waals surface area contributed by atoms with Gasteiger partial charge >= 0.3 is 6.18 Å². The van der Waals surface area contributed by atoms with Gasteiger partial charge in [0, 0.05) is 0 Å². The predicted molar refractivity (Wildman–Crippen MR) is 36.6 cm³/mol. The van der Waals surface area contributed by atoms with Crippen LogP contribution in [0.3, 0.4) is 0 Å². The van der Waals surface area contributed by atoms with Gasteiger partial charge in [0.05, 0.1) is 10.6 Å². The first kappa shape index (κ1) is 9.19. The number of hydrogen-bond donors (Lipinski definition) is 0. The summed E-state index contributed by atoms with van der Waals surface area (Å²) < 4.78 is 35.8. The van der Waals surface area contributed by atoms with Gasteiger partial charge in [0.15, 0.2) is 5.75 Å². The van der Waals surface area contributed by atoms with Crippen molar-refractivity contribution >= 4 is 11.6 Å². The molecule has 0 aliphatic heterocycles. The van der Waals surface area contributed by atoms with E-state index >= 15 is 0 Å². The van der Waals surface area contributed by atoms with E-state index in [1.165, 1.54) is 0 Å². The molecule has 65 valence electrons. The summed E-state index contributed by atoms with van der Waals surface area (Å²) in [4.78, 5) is 0. The Hall–Kier alpha value is -0.900. The summed E-state index contributed by atoms with van der Waals surface area (Å²) in [7, 11) is 0. The molecular formula is C7H3ClF3O. The van der Waals surface area contributed by atoms with Gasteiger partial charge in [-0.15, -0.1) is 0 Å². The Morgan fingerprint density at radius 3 is 2.25 bits per heavy atom. The molecule has 0 aliphatic rings. The lowest BCUT2D eigenvalue weighted by molar-refractivity contribution is -0.137. The highest BCUT2D eigenvalue weighted by atomic mass is 35.5. The third-order valence-corrected chi connectivity index (χ3v) is 1.57. The number of alkyl halides is 3. The Kier molecular flexibility index (Phi) is 2.19. The van der Waals surface area contributed by atoms with Crippen molar-refractivity contribution in [1.29, 1.82) is 0 Å². The van der Waals surface area contributed by atoms with E-state index in [2.05, 4.69) is 0 Å². The fourth-order valence-electron chi connectivity index (χ4n) is 0.680. The number of hydrogen-bond acceptors (Lipinski definition) is 0. The molecule has 0 heterocycles. The second-order valence-electron chi connectivity index (χ2n) is 2.14. The zero-order valence-corrected chi connectivity index (χ0v) is 6.41. The van der Waals surface area contributed by atoms with E-state index in [0.717, 1.165) is 12.1 Å². The first-order valence-corrected chi connectivity index (χ1v) is 3.33. The van der Waals surface area contributed by atoms with E-state index in [-0.39, 0.29) is 5.02 Å². The smallest absolute Gasteiger partial charge is 0.288 e. The highest BCUT2D eigenvalue weighted by Crippen LogP contribution is 2.34. The van der Waals surface area contributed by atoms with Crippen LogP contribution >= 0.6 is 11.6 Å². The lowest BCUT2D eigenvalue weighted by Gasteiger charge is -2.05. The van der Waals surface area contributed by atoms with E-state index in [1.54, 1.807) is 0 Å². The van der Waals surface area contributed by atoms with Crippen LogP contribution in [0.5, 0.6) is 5.75 Å². The summed E-state index contributed by atoms with van der Waals surface area (Å²) >= 11 is 5.25. The molecular weight excluding hydrogens is 193 g/mol. The maximum atomic E-state index is 11.9. The van der Waals surface area contributed by atoms with Crippen LogP contribution < -0.4 is 0 Å². The Morgan fingerprint density at radius 2 is 1.83 bits per heavy atom. The van der Waals surface area contributed by atoms with E-state index in [0.29, 0.717) is 6.07 Å². The van der Waals surface area contributed by atoms with Gasteiger partial charge in [0.2, 0.25) is 0 Å². The molecule has 1 aromatic rings. The van der Waals surface area contributed by atoms with Crippen LogP contribution in [0.1, 0.15) is 5.56 Å². The molecule has 0 aliphatic carbocycles. The molecule has 1 nitrogen and oxygen atoms in total. The van der Waals surface area contributed by atoms with Gasteiger partial charge in [-0.05, 0) is 18.2 Å². The Labute approximate surface area is 71.4 Å². The minimum Gasteiger partial charge on any atom is -0.288 e. The Bertz CT molecular complexity index is 295. The van der Waals surface area contributed by atoms with Crippen LogP contribution in [-0.4, -0.2) is 0 Å². The first-order valence-electron chi connectivity index (χ1n) is 2.95. The topological polar surface area (TPSA) is 19.9 Å². The summed E-state index contributed by atoms with van der Waals surface area (Å²) in [5, 5.41) is 10.4. The van der Waals surface area contributed by atoms with Gasteiger partial charge in [0.1, 0.15) is 0 Å². The third kappa shape index (κ3) is 1.82. The van der Waals surface area contributed by atoms with E-state index in [4.69, 9.17) is 11.6 Å². The van der Waals surface area contributed by atoms with Gasteiger partial charge in [-0.2, -0.15) is 13.2 Å². The summed E-state index contributed by atoms with van der Waals surface area (Å²) in [5.74, 6) is -0.813. The van der Waals surface area contributed by atoms with Crippen molar-refractivity contribution in [2.45, 2.75) is 6.18 Å². The highest BCUT2D eigenvalue weighted by molar-refractivity contribution is 6.31. The normalized spacial score (nSPS) is 11.7. The van der Waals surface area contributed by atoms with Gasteiger partial charge in [-0.25, -0.2) is 0 Å². The van der Waals surface area contributed by atoms with Crippen LogP contribution in [0.2, 0.25) is 5.02 Å². The summed E-state index contributed by atoms with van der Waals surface area (Å²) in [5.41, 5.74) is -0.975. The van der Waals surface area contributed by atoms with E-state index in [1.807, 2.05) is 0 Å². The molecule has 0 N–H and O–H groups in total. The van der Waals surface area contributed by atoms with Crippen LogP contribution in [0.15, 0.2) is 18.2 Å². The molecule has 0 aromatic heterocycles. The molecule has 0 atom stereocenters. The molecule has 1 aromatic carbocycles. The largest absolute Gasteiger partial charge is 0.416 e. The standard InChI is InChI=1S/C7H3ClF3O/c8-5-2-1-4(3-6(5)12)7(9,10)11/h1-3H. The SMILES string of the molecule is [O]c1cc(C(F)(F)F)ccc1Cl. The molecule has 5 heteroatoms. The van der Waals surface area contributed by atoms with E-state index < -0.39 is 17.5 Å². The fraction of sp³-hybridized carbons (Fsp3) is 0.143. The summed E-state index contributed by atoms with van der Waals surface area (Å²) in [6.07, 6.45) is -4.48. The zero-order chi connectivity index (χ0) is 9.35. The van der Waals surface area contributed by atoms with Crippen molar-refractivity contribution in [1.82, 2.24) is 0 Å². The quantitative estimate of drug-likeness (QED) is 0.604. The molecule has 12 heavy (non-hydrogen) atoms. The molecule has 0 unspecified atom stereocenters. The van der Waals surface area contributed by atoms with Crippen LogP contribution in [0.25, 0.3) is 0 Å². The molecule has 1 rings (SSSR count). The predicted octanol–water partition coefficient (Wildman–Crippen LogP) is 3.50. The molecule has 0 saturated carbocycles. The average Bonchev–Trinajstić information content (AvgIpc) is 1.92. The van der Waals surface area contributed by atoms with Crippen LogP contribution in [-0.2, 0) is 11.3 Å². The molecule has 1 radical (unpaired) electrons. The molecule has 0 spiro atoms. The number of benzene rings is 1. The minimum atomic E-state index is -4.48. The van der Waals surface area contributed by atoms with Crippen molar-refractivity contribution in [3.63, 3.8) is 0 Å². The van der Waals surface area contributed by atoms with Gasteiger partial charge in [-0.1, -0.05) is 11.6 Å². The molecule has 0 bridgehead atoms. The van der Waals surface area contributed by atoms with Crippen molar-refractivity contribution in [3.8, 4) is 5.75 Å². The van der Waals surface area contributed by atoms with Crippen LogP contribution in [0.4, 0.5) is 13.2 Å². The Morgan fingerprint density at radius 1 is 1.25 bits per heavy atom.